The number of hydrogen-bond acceptors (Lipinski definition) is 7. The van der Waals surface area contributed by atoms with Crippen molar-refractivity contribution in [3.8, 4) is 0 Å². The molecule has 8 nitrogen and oxygen atoms in total. The lowest BCUT2D eigenvalue weighted by atomic mass is 10.1. The Labute approximate surface area is 166 Å². The van der Waals surface area contributed by atoms with Crippen LogP contribution in [0.4, 0.5) is 27.8 Å². The van der Waals surface area contributed by atoms with Gasteiger partial charge in [-0.05, 0) is 17.7 Å². The number of halogens is 5. The van der Waals surface area contributed by atoms with Gasteiger partial charge in [0.05, 0.1) is 19.3 Å². The first-order chi connectivity index (χ1) is 14.2. The highest BCUT2D eigenvalue weighted by Gasteiger charge is 2.36. The van der Waals surface area contributed by atoms with Crippen LogP contribution >= 0.6 is 0 Å². The molecular formula is C17H16F5N7O. The first-order valence-corrected chi connectivity index (χ1v) is 8.92. The predicted octanol–water partition coefficient (Wildman–Crippen LogP) is 2.00. The molecule has 1 fully saturated rings. The number of nitrogens with two attached hydrogens (primary N) is 1. The van der Waals surface area contributed by atoms with Crippen LogP contribution in [0.1, 0.15) is 11.4 Å². The van der Waals surface area contributed by atoms with Crippen molar-refractivity contribution in [3.05, 3.63) is 41.2 Å². The number of benzene rings is 1. The van der Waals surface area contributed by atoms with Gasteiger partial charge in [-0.2, -0.15) is 13.2 Å². The number of alkyl halides is 3. The molecule has 4 rings (SSSR count). The molecule has 0 aliphatic carbocycles. The van der Waals surface area contributed by atoms with Crippen molar-refractivity contribution in [2.24, 2.45) is 0 Å². The van der Waals surface area contributed by atoms with E-state index in [1.54, 1.807) is 0 Å². The third-order valence-corrected chi connectivity index (χ3v) is 4.57. The molecule has 1 saturated heterocycles. The average molecular weight is 429 g/mol. The van der Waals surface area contributed by atoms with Crippen LogP contribution in [0.5, 0.6) is 0 Å². The molecule has 1 unspecified atom stereocenters. The largest absolute Gasteiger partial charge is 0.451 e. The van der Waals surface area contributed by atoms with Gasteiger partial charge in [-0.15, -0.1) is 5.10 Å². The minimum absolute atomic E-state index is 0.0362. The second kappa shape index (κ2) is 7.72. The van der Waals surface area contributed by atoms with Crippen LogP contribution in [0.15, 0.2) is 18.2 Å². The third kappa shape index (κ3) is 4.31. The standard InChI is InChI=1S/C17H16F5N7O/c18-10-3-9(4-11(19)5-10)6-28-1-2-30-12(7-28)8-29-15-13(26-27-29)14(23)24-16(25-15)17(20,21)22/h3-5,12H,1-2,6-8H2,(H2,23,24,25). The van der Waals surface area contributed by atoms with Crippen LogP contribution in [-0.4, -0.2) is 55.7 Å². The number of nitrogens with zero attached hydrogens (tertiary/aromatic N) is 6. The molecule has 1 atom stereocenters. The van der Waals surface area contributed by atoms with E-state index in [1.807, 2.05) is 4.90 Å². The van der Waals surface area contributed by atoms with E-state index in [-0.39, 0.29) is 17.7 Å². The van der Waals surface area contributed by atoms with Crippen molar-refractivity contribution in [2.45, 2.75) is 25.4 Å². The van der Waals surface area contributed by atoms with Crippen molar-refractivity contribution in [1.82, 2.24) is 29.9 Å². The summed E-state index contributed by atoms with van der Waals surface area (Å²) in [4.78, 5) is 8.66. The van der Waals surface area contributed by atoms with E-state index in [0.29, 0.717) is 31.8 Å². The maximum atomic E-state index is 13.4. The highest BCUT2D eigenvalue weighted by molar-refractivity contribution is 5.80. The zero-order chi connectivity index (χ0) is 21.5. The van der Waals surface area contributed by atoms with Gasteiger partial charge in [0.2, 0.25) is 5.82 Å². The molecule has 0 bridgehead atoms. The summed E-state index contributed by atoms with van der Waals surface area (Å²) in [6.45, 7) is 1.59. The summed E-state index contributed by atoms with van der Waals surface area (Å²) >= 11 is 0. The van der Waals surface area contributed by atoms with E-state index in [0.717, 1.165) is 6.07 Å². The minimum Gasteiger partial charge on any atom is -0.382 e. The molecule has 2 N–H and O–H groups in total. The summed E-state index contributed by atoms with van der Waals surface area (Å²) in [7, 11) is 0. The fraction of sp³-hybridized carbons (Fsp3) is 0.412. The van der Waals surface area contributed by atoms with E-state index in [2.05, 4.69) is 20.3 Å². The predicted molar refractivity (Wildman–Crippen MR) is 93.9 cm³/mol. The van der Waals surface area contributed by atoms with E-state index in [4.69, 9.17) is 10.5 Å². The summed E-state index contributed by atoms with van der Waals surface area (Å²) in [6, 6.07) is 3.29. The highest BCUT2D eigenvalue weighted by Crippen LogP contribution is 2.28. The van der Waals surface area contributed by atoms with Crippen LogP contribution in [-0.2, 0) is 24.0 Å². The summed E-state index contributed by atoms with van der Waals surface area (Å²) in [5, 5.41) is 7.58. The minimum atomic E-state index is -4.77. The first kappa shape index (κ1) is 20.3. The van der Waals surface area contributed by atoms with Crippen LogP contribution in [0.3, 0.4) is 0 Å². The van der Waals surface area contributed by atoms with E-state index >= 15 is 0 Å². The summed E-state index contributed by atoms with van der Waals surface area (Å²) < 4.78 is 72.6. The molecule has 0 saturated carbocycles. The van der Waals surface area contributed by atoms with Gasteiger partial charge in [-0.25, -0.2) is 23.4 Å². The molecular weight excluding hydrogens is 413 g/mol. The summed E-state index contributed by atoms with van der Waals surface area (Å²) in [5.74, 6) is -3.13. The molecule has 13 heteroatoms. The zero-order valence-electron chi connectivity index (χ0n) is 15.4. The Bertz CT molecular complexity index is 1050. The van der Waals surface area contributed by atoms with Crippen LogP contribution < -0.4 is 5.73 Å². The van der Waals surface area contributed by atoms with E-state index in [1.165, 1.54) is 16.8 Å². The van der Waals surface area contributed by atoms with E-state index < -0.39 is 35.6 Å². The van der Waals surface area contributed by atoms with Gasteiger partial charge in [0.25, 0.3) is 0 Å². The molecule has 160 valence electrons. The number of hydrogen-bond donors (Lipinski definition) is 1. The molecule has 3 heterocycles. The number of nitrogen functional groups attached to an aromatic ring is 1. The number of ether oxygens (including phenoxy) is 1. The Hall–Kier alpha value is -2.93. The van der Waals surface area contributed by atoms with Crippen LogP contribution in [0.25, 0.3) is 11.2 Å². The molecule has 2 aromatic heterocycles. The van der Waals surface area contributed by atoms with Crippen LogP contribution in [0.2, 0.25) is 0 Å². The fourth-order valence-corrected chi connectivity index (χ4v) is 3.31. The lowest BCUT2D eigenvalue weighted by molar-refractivity contribution is -0.144. The Kier molecular flexibility index (Phi) is 5.24. The van der Waals surface area contributed by atoms with Crippen LogP contribution in [0, 0.1) is 11.6 Å². The molecule has 1 aliphatic heterocycles. The van der Waals surface area contributed by atoms with Gasteiger partial charge in [0, 0.05) is 25.7 Å². The van der Waals surface area contributed by atoms with Crippen molar-refractivity contribution in [2.75, 3.05) is 25.4 Å². The molecule has 3 aromatic rings. The van der Waals surface area contributed by atoms with Gasteiger partial charge in [-0.1, -0.05) is 5.21 Å². The molecule has 0 amide bonds. The molecule has 1 aromatic carbocycles. The maximum absolute atomic E-state index is 13.4. The normalized spacial score (nSPS) is 18.2. The number of morpholine rings is 1. The molecule has 30 heavy (non-hydrogen) atoms. The average Bonchev–Trinajstić information content (AvgIpc) is 3.04. The smallest absolute Gasteiger partial charge is 0.382 e. The Morgan fingerprint density at radius 1 is 1.13 bits per heavy atom. The van der Waals surface area contributed by atoms with Gasteiger partial charge >= 0.3 is 6.18 Å². The van der Waals surface area contributed by atoms with Gasteiger partial charge in [-0.3, -0.25) is 4.90 Å². The SMILES string of the molecule is Nc1nc(C(F)(F)F)nc2c1nnn2CC1CN(Cc2cc(F)cc(F)c2)CCO1. The summed E-state index contributed by atoms with van der Waals surface area (Å²) in [6.07, 6.45) is -5.22. The van der Waals surface area contributed by atoms with Gasteiger partial charge < -0.3 is 10.5 Å². The molecule has 1 aliphatic rings. The fourth-order valence-electron chi connectivity index (χ4n) is 3.31. The maximum Gasteiger partial charge on any atom is 0.451 e. The van der Waals surface area contributed by atoms with Gasteiger partial charge in [0.15, 0.2) is 17.0 Å². The lowest BCUT2D eigenvalue weighted by Crippen LogP contribution is -2.43. The second-order valence-corrected chi connectivity index (χ2v) is 6.88. The highest BCUT2D eigenvalue weighted by atomic mass is 19.4. The molecule has 0 spiro atoms. The Morgan fingerprint density at radius 3 is 2.57 bits per heavy atom. The topological polar surface area (TPSA) is 95.0 Å². The Balaban J connectivity index is 1.51. The second-order valence-electron chi connectivity index (χ2n) is 6.88. The number of rotatable bonds is 4. The van der Waals surface area contributed by atoms with Gasteiger partial charge in [0.1, 0.15) is 11.6 Å². The van der Waals surface area contributed by atoms with E-state index in [9.17, 15) is 22.0 Å². The number of aromatic nitrogens is 5. The first-order valence-electron chi connectivity index (χ1n) is 8.92. The monoisotopic (exact) mass is 429 g/mol. The summed E-state index contributed by atoms with van der Waals surface area (Å²) in [5.41, 5.74) is 5.85. The van der Waals surface area contributed by atoms with Crippen molar-refractivity contribution in [3.63, 3.8) is 0 Å². The quantitative estimate of drug-likeness (QED) is 0.634. The third-order valence-electron chi connectivity index (χ3n) is 4.57. The zero-order valence-corrected chi connectivity index (χ0v) is 15.4. The number of anilines is 1. The van der Waals surface area contributed by atoms with Crippen molar-refractivity contribution >= 4 is 17.0 Å². The molecule has 0 radical (unpaired) electrons. The van der Waals surface area contributed by atoms with Crippen molar-refractivity contribution in [1.29, 1.82) is 0 Å². The van der Waals surface area contributed by atoms with Crippen molar-refractivity contribution < 1.29 is 26.7 Å². The Morgan fingerprint density at radius 2 is 1.87 bits per heavy atom. The number of fused-ring (bicyclic) bond motifs is 1. The lowest BCUT2D eigenvalue weighted by Gasteiger charge is -2.32.